The molecule has 0 radical (unpaired) electrons. The molecule has 3 nitrogen and oxygen atoms in total. The van der Waals surface area contributed by atoms with Crippen molar-refractivity contribution in [3.05, 3.63) is 77.2 Å². The second-order valence-electron chi connectivity index (χ2n) is 5.38. The number of fused-ring (bicyclic) bond motifs is 2. The van der Waals surface area contributed by atoms with Gasteiger partial charge in [-0.25, -0.2) is 4.98 Å². The largest absolute Gasteiger partial charge is 0.295 e. The molecule has 0 saturated carbocycles. The summed E-state index contributed by atoms with van der Waals surface area (Å²) in [7, 11) is 0. The van der Waals surface area contributed by atoms with Gasteiger partial charge in [0.1, 0.15) is 4.83 Å². The van der Waals surface area contributed by atoms with Crippen molar-refractivity contribution in [1.82, 2.24) is 9.55 Å². The van der Waals surface area contributed by atoms with Gasteiger partial charge in [0.25, 0.3) is 5.56 Å². The minimum atomic E-state index is -0.0145. The van der Waals surface area contributed by atoms with E-state index in [1.807, 2.05) is 17.5 Å². The van der Waals surface area contributed by atoms with Crippen molar-refractivity contribution in [1.29, 1.82) is 0 Å². The van der Waals surface area contributed by atoms with Crippen LogP contribution in [0.4, 0.5) is 0 Å². The van der Waals surface area contributed by atoms with E-state index in [4.69, 9.17) is 0 Å². The van der Waals surface area contributed by atoms with Gasteiger partial charge in [-0.05, 0) is 22.4 Å². The molecule has 0 bridgehead atoms. The maximum Gasteiger partial charge on any atom is 0.262 e. The number of nitrogens with zero attached hydrogens (tertiary/aromatic N) is 2. The minimum absolute atomic E-state index is 0.0145. The SMILES string of the molecule is C=CCn1cnc2scc(-c3ccc4ccccc4c3)c2c1=O. The molecular formula is C19H14N2OS. The van der Waals surface area contributed by atoms with Crippen molar-refractivity contribution in [3.8, 4) is 11.1 Å². The summed E-state index contributed by atoms with van der Waals surface area (Å²) in [5.74, 6) is 0. The van der Waals surface area contributed by atoms with Gasteiger partial charge in [-0.3, -0.25) is 9.36 Å². The molecule has 0 unspecified atom stereocenters. The predicted octanol–water partition coefficient (Wildman–Crippen LogP) is 4.46. The van der Waals surface area contributed by atoms with Crippen LogP contribution in [0.5, 0.6) is 0 Å². The summed E-state index contributed by atoms with van der Waals surface area (Å²) in [6, 6.07) is 14.5. The summed E-state index contributed by atoms with van der Waals surface area (Å²) in [4.78, 5) is 17.9. The van der Waals surface area contributed by atoms with Gasteiger partial charge in [-0.1, -0.05) is 42.5 Å². The Balaban J connectivity index is 1.98. The third kappa shape index (κ3) is 2.28. The first-order valence-electron chi connectivity index (χ1n) is 7.34. The van der Waals surface area contributed by atoms with Crippen LogP contribution >= 0.6 is 11.3 Å². The Hall–Kier alpha value is -2.72. The minimum Gasteiger partial charge on any atom is -0.295 e. The first-order valence-corrected chi connectivity index (χ1v) is 8.22. The van der Waals surface area contributed by atoms with E-state index in [0.29, 0.717) is 11.9 Å². The number of thiophene rings is 1. The van der Waals surface area contributed by atoms with Crippen LogP contribution in [0.3, 0.4) is 0 Å². The fraction of sp³-hybridized carbons (Fsp3) is 0.0526. The Bertz CT molecular complexity index is 1090. The van der Waals surface area contributed by atoms with Crippen LogP contribution < -0.4 is 5.56 Å². The number of aromatic nitrogens is 2. The van der Waals surface area contributed by atoms with Crippen molar-refractivity contribution < 1.29 is 0 Å². The second kappa shape index (κ2) is 5.48. The summed E-state index contributed by atoms with van der Waals surface area (Å²) in [6.45, 7) is 4.16. The van der Waals surface area contributed by atoms with Crippen LogP contribution in [0.1, 0.15) is 0 Å². The standard InChI is InChI=1S/C19H14N2OS/c1-2-9-21-12-20-18-17(19(21)22)16(11-23-18)15-8-7-13-5-3-4-6-14(13)10-15/h2-8,10-12H,1,9H2. The quantitative estimate of drug-likeness (QED) is 0.523. The molecule has 0 aliphatic heterocycles. The summed E-state index contributed by atoms with van der Waals surface area (Å²) >= 11 is 1.50. The van der Waals surface area contributed by atoms with E-state index in [2.05, 4.69) is 41.9 Å². The molecule has 0 aliphatic carbocycles. The van der Waals surface area contributed by atoms with E-state index in [0.717, 1.165) is 16.0 Å². The lowest BCUT2D eigenvalue weighted by molar-refractivity contribution is 0.769. The van der Waals surface area contributed by atoms with Crippen LogP contribution in [0.25, 0.3) is 32.1 Å². The number of benzene rings is 2. The molecule has 0 aliphatic rings. The molecule has 2 aromatic heterocycles. The third-order valence-electron chi connectivity index (χ3n) is 3.95. The average molecular weight is 318 g/mol. The zero-order chi connectivity index (χ0) is 15.8. The molecular weight excluding hydrogens is 304 g/mol. The van der Waals surface area contributed by atoms with Crippen molar-refractivity contribution >= 4 is 32.3 Å². The molecule has 0 fully saturated rings. The number of rotatable bonds is 3. The molecule has 0 amide bonds. The summed E-state index contributed by atoms with van der Waals surface area (Å²) in [5.41, 5.74) is 1.98. The van der Waals surface area contributed by atoms with Crippen LogP contribution in [0.15, 0.2) is 71.6 Å². The maximum atomic E-state index is 12.7. The molecule has 4 rings (SSSR count). The maximum absolute atomic E-state index is 12.7. The molecule has 0 atom stereocenters. The molecule has 4 aromatic rings. The first kappa shape index (κ1) is 13.9. The topological polar surface area (TPSA) is 34.9 Å². The fourth-order valence-electron chi connectivity index (χ4n) is 2.81. The Labute approximate surface area is 137 Å². The van der Waals surface area contributed by atoms with Crippen molar-refractivity contribution in [2.75, 3.05) is 0 Å². The summed E-state index contributed by atoms with van der Waals surface area (Å²) < 4.78 is 1.59. The third-order valence-corrected chi connectivity index (χ3v) is 4.83. The normalized spacial score (nSPS) is 11.1. The van der Waals surface area contributed by atoms with Gasteiger partial charge in [0.2, 0.25) is 0 Å². The lowest BCUT2D eigenvalue weighted by Crippen LogP contribution is -2.19. The Morgan fingerprint density at radius 3 is 2.83 bits per heavy atom. The first-order chi connectivity index (χ1) is 11.3. The molecule has 4 heteroatoms. The highest BCUT2D eigenvalue weighted by molar-refractivity contribution is 7.17. The molecule has 2 aromatic carbocycles. The summed E-state index contributed by atoms with van der Waals surface area (Å²) in [5, 5.41) is 5.06. The number of allylic oxidation sites excluding steroid dienone is 1. The monoisotopic (exact) mass is 318 g/mol. The Kier molecular flexibility index (Phi) is 3.32. The smallest absolute Gasteiger partial charge is 0.262 e. The van der Waals surface area contributed by atoms with Gasteiger partial charge in [-0.2, -0.15) is 0 Å². The lowest BCUT2D eigenvalue weighted by Gasteiger charge is -2.05. The van der Waals surface area contributed by atoms with Crippen LogP contribution in [-0.2, 0) is 6.54 Å². The molecule has 0 spiro atoms. The number of hydrogen-bond acceptors (Lipinski definition) is 3. The van der Waals surface area contributed by atoms with Crippen molar-refractivity contribution in [2.24, 2.45) is 0 Å². The van der Waals surface area contributed by atoms with Gasteiger partial charge >= 0.3 is 0 Å². The van der Waals surface area contributed by atoms with Gasteiger partial charge < -0.3 is 0 Å². The van der Waals surface area contributed by atoms with E-state index in [-0.39, 0.29) is 5.56 Å². The zero-order valence-corrected chi connectivity index (χ0v) is 13.2. The highest BCUT2D eigenvalue weighted by Crippen LogP contribution is 2.32. The lowest BCUT2D eigenvalue weighted by atomic mass is 10.0. The van der Waals surface area contributed by atoms with Crippen LogP contribution in [-0.4, -0.2) is 9.55 Å². The average Bonchev–Trinajstić information content (AvgIpc) is 3.02. The predicted molar refractivity (Wildman–Crippen MR) is 97.0 cm³/mol. The van der Waals surface area contributed by atoms with Crippen LogP contribution in [0.2, 0.25) is 0 Å². The van der Waals surface area contributed by atoms with Crippen LogP contribution in [0, 0.1) is 0 Å². The molecule has 0 saturated heterocycles. The number of hydrogen-bond donors (Lipinski definition) is 0. The highest BCUT2D eigenvalue weighted by atomic mass is 32.1. The van der Waals surface area contributed by atoms with E-state index in [1.54, 1.807) is 17.0 Å². The summed E-state index contributed by atoms with van der Waals surface area (Å²) in [6.07, 6.45) is 3.30. The zero-order valence-electron chi connectivity index (χ0n) is 12.4. The molecule has 23 heavy (non-hydrogen) atoms. The van der Waals surface area contributed by atoms with E-state index in [1.165, 1.54) is 22.1 Å². The molecule has 112 valence electrons. The van der Waals surface area contributed by atoms with E-state index >= 15 is 0 Å². The van der Waals surface area contributed by atoms with E-state index < -0.39 is 0 Å². The Morgan fingerprint density at radius 2 is 2.00 bits per heavy atom. The molecule has 0 N–H and O–H groups in total. The van der Waals surface area contributed by atoms with Crippen molar-refractivity contribution in [3.63, 3.8) is 0 Å². The molecule has 2 heterocycles. The van der Waals surface area contributed by atoms with E-state index in [9.17, 15) is 4.79 Å². The van der Waals surface area contributed by atoms with Gasteiger partial charge in [0.15, 0.2) is 0 Å². The Morgan fingerprint density at radius 1 is 1.17 bits per heavy atom. The van der Waals surface area contributed by atoms with Crippen molar-refractivity contribution in [2.45, 2.75) is 6.54 Å². The fourth-order valence-corrected chi connectivity index (χ4v) is 3.71. The highest BCUT2D eigenvalue weighted by Gasteiger charge is 2.13. The van der Waals surface area contributed by atoms with Gasteiger partial charge in [0, 0.05) is 17.5 Å². The second-order valence-corrected chi connectivity index (χ2v) is 6.24. The van der Waals surface area contributed by atoms with Gasteiger partial charge in [0.05, 0.1) is 11.7 Å². The van der Waals surface area contributed by atoms with Gasteiger partial charge in [-0.15, -0.1) is 17.9 Å².